The van der Waals surface area contributed by atoms with Crippen molar-refractivity contribution in [3.05, 3.63) is 82.0 Å². The van der Waals surface area contributed by atoms with E-state index in [4.69, 9.17) is 0 Å². The zero-order chi connectivity index (χ0) is 27.8. The van der Waals surface area contributed by atoms with Crippen molar-refractivity contribution in [1.82, 2.24) is 0 Å². The zero-order valence-electron chi connectivity index (χ0n) is 23.8. The first kappa shape index (κ1) is 32.2. The number of ketones is 1. The van der Waals surface area contributed by atoms with E-state index < -0.39 is 0 Å². The number of carbonyl (C=O) groups excluding carboxylic acids is 1. The normalized spacial score (nSPS) is 13.3. The average Bonchev–Trinajstić information content (AvgIpc) is 2.82. The lowest BCUT2D eigenvalue weighted by Gasteiger charge is -2.17. The van der Waals surface area contributed by atoms with Gasteiger partial charge in [0.05, 0.1) is 12.2 Å². The quantitative estimate of drug-likeness (QED) is 0.118. The second kappa shape index (κ2) is 17.6. The predicted molar refractivity (Wildman–Crippen MR) is 156 cm³/mol. The maximum absolute atomic E-state index is 13.4. The molecular formula is C33H48O4. The van der Waals surface area contributed by atoms with Crippen molar-refractivity contribution in [2.24, 2.45) is 5.92 Å². The number of hydrogen-bond acceptors (Lipinski definition) is 4. The fourth-order valence-electron chi connectivity index (χ4n) is 4.15. The Morgan fingerprint density at radius 2 is 1.38 bits per heavy atom. The average molecular weight is 509 g/mol. The SMILES string of the molecule is CC(C)=CCC/C(=C/CC(C/C(C)=C/CC/C=C(\C)CCC=C(C)C)C(=O)c1ccc(O)cc1O)CO. The highest BCUT2D eigenvalue weighted by molar-refractivity contribution is 6.00. The first-order chi connectivity index (χ1) is 17.5. The summed E-state index contributed by atoms with van der Waals surface area (Å²) >= 11 is 0. The minimum Gasteiger partial charge on any atom is -0.508 e. The maximum Gasteiger partial charge on any atom is 0.170 e. The number of phenols is 2. The highest BCUT2D eigenvalue weighted by Crippen LogP contribution is 2.29. The third kappa shape index (κ3) is 13.9. The van der Waals surface area contributed by atoms with Crippen LogP contribution in [0.2, 0.25) is 0 Å². The van der Waals surface area contributed by atoms with Gasteiger partial charge in [-0.25, -0.2) is 0 Å². The third-order valence-electron chi connectivity index (χ3n) is 6.34. The van der Waals surface area contributed by atoms with Crippen LogP contribution in [0.15, 0.2) is 76.4 Å². The molecule has 1 aromatic carbocycles. The first-order valence-corrected chi connectivity index (χ1v) is 13.5. The molecule has 1 rings (SSSR count). The molecule has 37 heavy (non-hydrogen) atoms. The van der Waals surface area contributed by atoms with Gasteiger partial charge in [0.2, 0.25) is 0 Å². The summed E-state index contributed by atoms with van der Waals surface area (Å²) in [4.78, 5) is 13.4. The Hall–Kier alpha value is -2.85. The Kier molecular flexibility index (Phi) is 15.3. The van der Waals surface area contributed by atoms with E-state index in [1.807, 2.05) is 13.0 Å². The first-order valence-electron chi connectivity index (χ1n) is 13.5. The number of benzene rings is 1. The van der Waals surface area contributed by atoms with E-state index in [1.54, 1.807) is 0 Å². The highest BCUT2D eigenvalue weighted by Gasteiger charge is 2.22. The molecular weight excluding hydrogens is 460 g/mol. The smallest absolute Gasteiger partial charge is 0.170 e. The lowest BCUT2D eigenvalue weighted by Crippen LogP contribution is -2.15. The van der Waals surface area contributed by atoms with Crippen LogP contribution in [0.5, 0.6) is 11.5 Å². The fraction of sp³-hybridized carbons (Fsp3) is 0.485. The minimum atomic E-state index is -0.363. The fourth-order valence-corrected chi connectivity index (χ4v) is 4.15. The molecule has 0 aromatic heterocycles. The van der Waals surface area contributed by atoms with Crippen LogP contribution in [-0.2, 0) is 0 Å². The number of phenolic OH excluding ortho intramolecular Hbond substituents is 2. The number of carbonyl (C=O) groups is 1. The van der Waals surface area contributed by atoms with Crippen LogP contribution in [0, 0.1) is 5.92 Å². The summed E-state index contributed by atoms with van der Waals surface area (Å²) in [5.74, 6) is -0.802. The molecule has 1 atom stereocenters. The molecule has 204 valence electrons. The summed E-state index contributed by atoms with van der Waals surface area (Å²) in [6, 6.07) is 4.11. The van der Waals surface area contributed by atoms with Crippen molar-refractivity contribution in [2.45, 2.75) is 92.9 Å². The van der Waals surface area contributed by atoms with Crippen molar-refractivity contribution in [2.75, 3.05) is 6.61 Å². The molecule has 0 aliphatic heterocycles. The van der Waals surface area contributed by atoms with Gasteiger partial charge >= 0.3 is 0 Å². The molecule has 0 saturated carbocycles. The van der Waals surface area contributed by atoms with E-state index in [-0.39, 0.29) is 35.4 Å². The van der Waals surface area contributed by atoms with E-state index in [0.29, 0.717) is 12.8 Å². The standard InChI is InChI=1S/C33H48O4/c1-24(2)11-9-15-26(5)13-7-8-14-27(6)21-29(18-17-28(23-34)16-10-12-25(3)4)33(37)31-20-19-30(35)22-32(31)36/h11-14,17,19-20,22,29,34-36H,7-10,15-16,18,21,23H2,1-6H3/b26-13+,27-14+,28-17-. The van der Waals surface area contributed by atoms with Gasteiger partial charge in [0.1, 0.15) is 11.5 Å². The Labute approximate surface area is 224 Å². The van der Waals surface area contributed by atoms with Gasteiger partial charge in [-0.05, 0) is 111 Å². The third-order valence-corrected chi connectivity index (χ3v) is 6.34. The molecule has 4 heteroatoms. The van der Waals surface area contributed by atoms with Gasteiger partial charge in [-0.2, -0.15) is 0 Å². The number of aromatic hydroxyl groups is 2. The van der Waals surface area contributed by atoms with Gasteiger partial charge in [0.25, 0.3) is 0 Å². The van der Waals surface area contributed by atoms with Gasteiger partial charge in [-0.15, -0.1) is 0 Å². The molecule has 0 amide bonds. The Morgan fingerprint density at radius 1 is 0.784 bits per heavy atom. The summed E-state index contributed by atoms with van der Waals surface area (Å²) in [5, 5.41) is 29.7. The summed E-state index contributed by atoms with van der Waals surface area (Å²) in [6.45, 7) is 12.5. The maximum atomic E-state index is 13.4. The van der Waals surface area contributed by atoms with Crippen LogP contribution in [0.1, 0.15) is 103 Å². The molecule has 1 unspecified atom stereocenters. The number of hydrogen-bond donors (Lipinski definition) is 3. The molecule has 0 radical (unpaired) electrons. The van der Waals surface area contributed by atoms with Crippen LogP contribution < -0.4 is 0 Å². The number of unbranched alkanes of at least 4 members (excludes halogenated alkanes) is 1. The van der Waals surface area contributed by atoms with Crippen LogP contribution in [0.25, 0.3) is 0 Å². The molecule has 0 bridgehead atoms. The van der Waals surface area contributed by atoms with E-state index >= 15 is 0 Å². The van der Waals surface area contributed by atoms with Gasteiger partial charge < -0.3 is 15.3 Å². The van der Waals surface area contributed by atoms with Crippen molar-refractivity contribution >= 4 is 5.78 Å². The van der Waals surface area contributed by atoms with E-state index in [0.717, 1.165) is 49.7 Å². The molecule has 4 nitrogen and oxygen atoms in total. The number of aliphatic hydroxyl groups excluding tert-OH is 1. The topological polar surface area (TPSA) is 77.8 Å². The number of allylic oxidation sites excluding steroid dienone is 9. The predicted octanol–water partition coefficient (Wildman–Crippen LogP) is 8.76. The largest absolute Gasteiger partial charge is 0.508 e. The van der Waals surface area contributed by atoms with E-state index in [2.05, 4.69) is 58.9 Å². The Morgan fingerprint density at radius 3 is 1.95 bits per heavy atom. The van der Waals surface area contributed by atoms with Crippen LogP contribution in [0.3, 0.4) is 0 Å². The number of rotatable bonds is 16. The van der Waals surface area contributed by atoms with E-state index in [1.165, 1.54) is 34.9 Å². The second-order valence-corrected chi connectivity index (χ2v) is 10.5. The Balaban J connectivity index is 2.95. The second-order valence-electron chi connectivity index (χ2n) is 10.5. The molecule has 0 spiro atoms. The van der Waals surface area contributed by atoms with Gasteiger partial charge in [0, 0.05) is 12.0 Å². The lowest BCUT2D eigenvalue weighted by atomic mass is 9.87. The highest BCUT2D eigenvalue weighted by atomic mass is 16.3. The van der Waals surface area contributed by atoms with Crippen molar-refractivity contribution in [3.8, 4) is 11.5 Å². The molecule has 0 aliphatic carbocycles. The van der Waals surface area contributed by atoms with Crippen molar-refractivity contribution in [1.29, 1.82) is 0 Å². The summed E-state index contributed by atoms with van der Waals surface area (Å²) in [7, 11) is 0. The molecule has 0 saturated heterocycles. The summed E-state index contributed by atoms with van der Waals surface area (Å²) in [6.07, 6.45) is 17.6. The lowest BCUT2D eigenvalue weighted by molar-refractivity contribution is 0.0917. The Bertz CT molecular complexity index is 1010. The number of aliphatic hydroxyl groups is 1. The molecule has 1 aromatic rings. The molecule has 0 heterocycles. The summed E-state index contributed by atoms with van der Waals surface area (Å²) in [5.41, 5.74) is 6.26. The monoisotopic (exact) mass is 508 g/mol. The molecule has 0 aliphatic rings. The summed E-state index contributed by atoms with van der Waals surface area (Å²) < 4.78 is 0. The van der Waals surface area contributed by atoms with E-state index in [9.17, 15) is 20.1 Å². The van der Waals surface area contributed by atoms with Gasteiger partial charge in [-0.3, -0.25) is 4.79 Å². The van der Waals surface area contributed by atoms with Crippen LogP contribution >= 0.6 is 0 Å². The molecule has 0 fully saturated rings. The van der Waals surface area contributed by atoms with Crippen molar-refractivity contribution in [3.63, 3.8) is 0 Å². The van der Waals surface area contributed by atoms with Crippen LogP contribution in [0.4, 0.5) is 0 Å². The zero-order valence-corrected chi connectivity index (χ0v) is 23.8. The minimum absolute atomic E-state index is 0.0317. The van der Waals surface area contributed by atoms with Crippen molar-refractivity contribution < 1.29 is 20.1 Å². The van der Waals surface area contributed by atoms with Gasteiger partial charge in [0.15, 0.2) is 5.78 Å². The van der Waals surface area contributed by atoms with Crippen LogP contribution in [-0.4, -0.2) is 27.7 Å². The number of Topliss-reactive ketones (excluding diaryl/α,β-unsaturated/α-hetero) is 1. The van der Waals surface area contributed by atoms with Gasteiger partial charge in [-0.1, -0.05) is 52.7 Å². The molecule has 3 N–H and O–H groups in total.